The molecule has 4 rings (SSSR count). The van der Waals surface area contributed by atoms with Gasteiger partial charge in [0.2, 0.25) is 11.8 Å². The minimum atomic E-state index is -0.275. The van der Waals surface area contributed by atoms with Crippen LogP contribution in [0.2, 0.25) is 0 Å². The van der Waals surface area contributed by atoms with Crippen molar-refractivity contribution in [3.63, 3.8) is 0 Å². The average Bonchev–Trinajstić information content (AvgIpc) is 3.60. The second-order valence-electron chi connectivity index (χ2n) is 7.69. The Labute approximate surface area is 177 Å². The lowest BCUT2D eigenvalue weighted by atomic mass is 10.1. The summed E-state index contributed by atoms with van der Waals surface area (Å²) in [4.78, 5) is 27.9. The van der Waals surface area contributed by atoms with Gasteiger partial charge in [-0.1, -0.05) is 73.7 Å². The Morgan fingerprint density at radius 3 is 2.20 bits per heavy atom. The predicted octanol–water partition coefficient (Wildman–Crippen LogP) is 5.06. The molecule has 2 unspecified atom stereocenters. The van der Waals surface area contributed by atoms with E-state index in [-0.39, 0.29) is 23.7 Å². The highest BCUT2D eigenvalue weighted by Crippen LogP contribution is 2.42. The van der Waals surface area contributed by atoms with Gasteiger partial charge in [0.15, 0.2) is 0 Å². The summed E-state index contributed by atoms with van der Waals surface area (Å²) in [6.45, 7) is 2.56. The number of rotatable bonds is 7. The van der Waals surface area contributed by atoms with Crippen LogP contribution >= 0.6 is 0 Å². The fraction of sp³-hybridized carbons (Fsp3) is 0.231. The number of hydrogen-bond acceptors (Lipinski definition) is 2. The number of anilines is 2. The van der Waals surface area contributed by atoms with Crippen LogP contribution in [0.4, 0.5) is 11.4 Å². The van der Waals surface area contributed by atoms with E-state index in [0.717, 1.165) is 28.9 Å². The van der Waals surface area contributed by atoms with Crippen molar-refractivity contribution in [3.8, 4) is 0 Å². The maximum Gasteiger partial charge on any atom is 0.231 e. The lowest BCUT2D eigenvalue weighted by Gasteiger charge is -2.23. The van der Waals surface area contributed by atoms with E-state index in [9.17, 15) is 9.59 Å². The highest BCUT2D eigenvalue weighted by Gasteiger charge is 2.49. The van der Waals surface area contributed by atoms with Gasteiger partial charge in [0, 0.05) is 11.4 Å². The topological polar surface area (TPSA) is 49.4 Å². The van der Waals surface area contributed by atoms with Crippen LogP contribution in [-0.2, 0) is 22.6 Å². The van der Waals surface area contributed by atoms with Crippen molar-refractivity contribution >= 4 is 23.2 Å². The Bertz CT molecular complexity index is 1020. The summed E-state index contributed by atoms with van der Waals surface area (Å²) >= 11 is 0. The highest BCUT2D eigenvalue weighted by molar-refractivity contribution is 6.04. The smallest absolute Gasteiger partial charge is 0.231 e. The average molecular weight is 399 g/mol. The molecule has 1 fully saturated rings. The summed E-state index contributed by atoms with van der Waals surface area (Å²) in [7, 11) is 0. The van der Waals surface area contributed by atoms with E-state index in [2.05, 4.69) is 12.2 Å². The molecule has 3 aromatic carbocycles. The molecule has 1 aliphatic rings. The Balaban J connectivity index is 1.48. The van der Waals surface area contributed by atoms with Crippen LogP contribution in [0.3, 0.4) is 0 Å². The fourth-order valence-electron chi connectivity index (χ4n) is 3.80. The number of hydrogen-bond donors (Lipinski definition) is 1. The van der Waals surface area contributed by atoms with Crippen molar-refractivity contribution in [1.29, 1.82) is 0 Å². The molecule has 0 saturated heterocycles. The van der Waals surface area contributed by atoms with Crippen LogP contribution in [0.5, 0.6) is 0 Å². The molecule has 2 atom stereocenters. The molecule has 2 amide bonds. The van der Waals surface area contributed by atoms with Gasteiger partial charge in [-0.25, -0.2) is 0 Å². The van der Waals surface area contributed by atoms with E-state index < -0.39 is 0 Å². The number of aryl methyl sites for hydroxylation is 1. The monoisotopic (exact) mass is 398 g/mol. The minimum Gasteiger partial charge on any atom is -0.326 e. The number of amides is 2. The largest absolute Gasteiger partial charge is 0.326 e. The van der Waals surface area contributed by atoms with Gasteiger partial charge >= 0.3 is 0 Å². The standard InChI is InChI=1S/C26H26N2O2/c1-2-20-13-9-10-16-24(20)27-25(29)22-17-23(22)26(30)28(21-14-7-4-8-15-21)18-19-11-5-3-6-12-19/h3-16,22-23H,2,17-18H2,1H3,(H,27,29). The van der Waals surface area contributed by atoms with Gasteiger partial charge in [0.25, 0.3) is 0 Å². The molecule has 0 radical (unpaired) electrons. The van der Waals surface area contributed by atoms with Crippen LogP contribution in [0, 0.1) is 11.8 Å². The maximum absolute atomic E-state index is 13.3. The molecule has 0 aromatic heterocycles. The molecular weight excluding hydrogens is 372 g/mol. The van der Waals surface area contributed by atoms with Crippen molar-refractivity contribution in [3.05, 3.63) is 96.1 Å². The molecule has 0 spiro atoms. The summed E-state index contributed by atoms with van der Waals surface area (Å²) in [5.74, 6) is -0.608. The van der Waals surface area contributed by atoms with Crippen molar-refractivity contribution < 1.29 is 9.59 Å². The number of nitrogens with zero attached hydrogens (tertiary/aromatic N) is 1. The second kappa shape index (κ2) is 8.95. The number of benzene rings is 3. The van der Waals surface area contributed by atoms with Gasteiger partial charge in [-0.15, -0.1) is 0 Å². The molecule has 1 aliphatic carbocycles. The third kappa shape index (κ3) is 4.43. The first-order valence-corrected chi connectivity index (χ1v) is 10.5. The van der Waals surface area contributed by atoms with Crippen LogP contribution in [0.15, 0.2) is 84.9 Å². The van der Waals surface area contributed by atoms with Crippen LogP contribution in [0.1, 0.15) is 24.5 Å². The molecule has 0 aliphatic heterocycles. The molecule has 30 heavy (non-hydrogen) atoms. The van der Waals surface area contributed by atoms with E-state index in [1.807, 2.05) is 84.9 Å². The fourth-order valence-corrected chi connectivity index (χ4v) is 3.80. The SMILES string of the molecule is CCc1ccccc1NC(=O)C1CC1C(=O)N(Cc1ccccc1)c1ccccc1. The molecule has 0 bridgehead atoms. The molecular formula is C26H26N2O2. The van der Waals surface area contributed by atoms with Crippen molar-refractivity contribution in [1.82, 2.24) is 0 Å². The quantitative estimate of drug-likeness (QED) is 0.605. The van der Waals surface area contributed by atoms with E-state index >= 15 is 0 Å². The van der Waals surface area contributed by atoms with Gasteiger partial charge in [0.1, 0.15) is 0 Å². The van der Waals surface area contributed by atoms with Gasteiger partial charge in [0.05, 0.1) is 18.4 Å². The Kier molecular flexibility index (Phi) is 5.94. The summed E-state index contributed by atoms with van der Waals surface area (Å²) in [6.07, 6.45) is 1.44. The zero-order chi connectivity index (χ0) is 20.9. The zero-order valence-electron chi connectivity index (χ0n) is 17.1. The first kappa shape index (κ1) is 19.9. The highest BCUT2D eigenvalue weighted by atomic mass is 16.2. The lowest BCUT2D eigenvalue weighted by molar-refractivity contribution is -0.123. The molecule has 4 nitrogen and oxygen atoms in total. The normalized spacial score (nSPS) is 17.2. The minimum absolute atomic E-state index is 0.00831. The van der Waals surface area contributed by atoms with Crippen molar-refractivity contribution in [2.24, 2.45) is 11.8 Å². The maximum atomic E-state index is 13.3. The first-order valence-electron chi connectivity index (χ1n) is 10.5. The molecule has 152 valence electrons. The first-order chi connectivity index (χ1) is 14.7. The van der Waals surface area contributed by atoms with Gasteiger partial charge in [-0.05, 0) is 42.2 Å². The Morgan fingerprint density at radius 1 is 0.867 bits per heavy atom. The third-order valence-electron chi connectivity index (χ3n) is 5.62. The second-order valence-corrected chi connectivity index (χ2v) is 7.69. The third-order valence-corrected chi connectivity index (χ3v) is 5.62. The zero-order valence-corrected chi connectivity index (χ0v) is 17.1. The van der Waals surface area contributed by atoms with E-state index in [0.29, 0.717) is 13.0 Å². The summed E-state index contributed by atoms with van der Waals surface area (Å²) in [6, 6.07) is 27.4. The molecule has 1 saturated carbocycles. The number of para-hydroxylation sites is 2. The van der Waals surface area contributed by atoms with Crippen molar-refractivity contribution in [2.45, 2.75) is 26.3 Å². The Morgan fingerprint density at radius 2 is 1.50 bits per heavy atom. The van der Waals surface area contributed by atoms with Crippen molar-refractivity contribution in [2.75, 3.05) is 10.2 Å². The van der Waals surface area contributed by atoms with Crippen LogP contribution in [0.25, 0.3) is 0 Å². The number of nitrogens with one attached hydrogen (secondary N) is 1. The summed E-state index contributed by atoms with van der Waals surface area (Å²) < 4.78 is 0. The van der Waals surface area contributed by atoms with E-state index in [4.69, 9.17) is 0 Å². The van der Waals surface area contributed by atoms with Gasteiger partial charge < -0.3 is 10.2 Å². The lowest BCUT2D eigenvalue weighted by Crippen LogP contribution is -2.33. The molecule has 0 heterocycles. The Hall–Kier alpha value is -3.40. The summed E-state index contributed by atoms with van der Waals surface area (Å²) in [5, 5.41) is 3.03. The van der Waals surface area contributed by atoms with E-state index in [1.54, 1.807) is 4.90 Å². The molecule has 1 N–H and O–H groups in total. The molecule has 3 aromatic rings. The van der Waals surface area contributed by atoms with Crippen LogP contribution in [-0.4, -0.2) is 11.8 Å². The van der Waals surface area contributed by atoms with Gasteiger partial charge in [-0.3, -0.25) is 9.59 Å². The number of carbonyl (C=O) groups excluding carboxylic acids is 2. The predicted molar refractivity (Wildman–Crippen MR) is 120 cm³/mol. The van der Waals surface area contributed by atoms with Crippen LogP contribution < -0.4 is 10.2 Å². The number of carbonyl (C=O) groups is 2. The van der Waals surface area contributed by atoms with Gasteiger partial charge in [-0.2, -0.15) is 0 Å². The molecule has 4 heteroatoms. The van der Waals surface area contributed by atoms with E-state index in [1.165, 1.54) is 0 Å². The summed E-state index contributed by atoms with van der Waals surface area (Å²) in [5.41, 5.74) is 3.86.